The van der Waals surface area contributed by atoms with Crippen LogP contribution in [-0.2, 0) is 4.79 Å². The number of methoxy groups -OCH3 is 3. The summed E-state index contributed by atoms with van der Waals surface area (Å²) in [6, 6.07) is 16.1. The number of hydrogen-bond acceptors (Lipinski definition) is 7. The van der Waals surface area contributed by atoms with Crippen LogP contribution in [0.2, 0.25) is 0 Å². The van der Waals surface area contributed by atoms with Crippen LogP contribution in [0.25, 0.3) is 6.08 Å². The van der Waals surface area contributed by atoms with Gasteiger partial charge in [0.2, 0.25) is 5.78 Å². The lowest BCUT2D eigenvalue weighted by Crippen LogP contribution is -2.22. The fourth-order valence-corrected chi connectivity index (χ4v) is 4.40. The van der Waals surface area contributed by atoms with Gasteiger partial charge in [0.15, 0.2) is 5.76 Å². The molecular formula is C27H22O7. The van der Waals surface area contributed by atoms with Crippen molar-refractivity contribution >= 4 is 17.8 Å². The molecule has 0 spiro atoms. The number of hydrogen-bond donors (Lipinski definition) is 0. The van der Waals surface area contributed by atoms with Gasteiger partial charge in [-0.3, -0.25) is 9.59 Å². The summed E-state index contributed by atoms with van der Waals surface area (Å²) in [6.07, 6.45) is 1.74. The molecular weight excluding hydrogens is 436 g/mol. The first-order valence-corrected chi connectivity index (χ1v) is 10.7. The van der Waals surface area contributed by atoms with Gasteiger partial charge in [-0.2, -0.15) is 0 Å². The third-order valence-electron chi connectivity index (χ3n) is 6.02. The lowest BCUT2D eigenvalue weighted by Gasteiger charge is -2.27. The minimum atomic E-state index is -0.384. The lowest BCUT2D eigenvalue weighted by atomic mass is 9.84. The minimum Gasteiger partial charge on any atom is -0.497 e. The zero-order chi connectivity index (χ0) is 23.8. The average molecular weight is 458 g/mol. The first-order chi connectivity index (χ1) is 16.5. The van der Waals surface area contributed by atoms with Crippen LogP contribution < -0.4 is 23.7 Å². The van der Waals surface area contributed by atoms with Crippen molar-refractivity contribution in [1.29, 1.82) is 0 Å². The lowest BCUT2D eigenvalue weighted by molar-refractivity contribution is -0.135. The maximum atomic E-state index is 13.2. The molecule has 3 aromatic rings. The minimum absolute atomic E-state index is 0.104. The van der Waals surface area contributed by atoms with Gasteiger partial charge >= 0.3 is 5.97 Å². The van der Waals surface area contributed by atoms with Crippen molar-refractivity contribution in [3.05, 3.63) is 82.6 Å². The third-order valence-corrected chi connectivity index (χ3v) is 6.02. The fraction of sp³-hybridized carbons (Fsp3) is 0.185. The Balaban J connectivity index is 1.61. The van der Waals surface area contributed by atoms with Gasteiger partial charge in [0.05, 0.1) is 33.3 Å². The molecule has 0 aliphatic carbocycles. The molecule has 7 nitrogen and oxygen atoms in total. The molecule has 1 atom stereocenters. The number of benzene rings is 3. The summed E-state index contributed by atoms with van der Waals surface area (Å²) >= 11 is 0. The van der Waals surface area contributed by atoms with E-state index >= 15 is 0 Å². The largest absolute Gasteiger partial charge is 0.497 e. The van der Waals surface area contributed by atoms with E-state index in [0.29, 0.717) is 45.4 Å². The van der Waals surface area contributed by atoms with Crippen molar-refractivity contribution in [3.63, 3.8) is 0 Å². The second kappa shape index (κ2) is 8.59. The van der Waals surface area contributed by atoms with Crippen molar-refractivity contribution in [2.45, 2.75) is 12.3 Å². The molecule has 0 fully saturated rings. The van der Waals surface area contributed by atoms with Gasteiger partial charge in [-0.25, -0.2) is 0 Å². The van der Waals surface area contributed by atoms with Crippen LogP contribution in [0.15, 0.2) is 60.4 Å². The summed E-state index contributed by atoms with van der Waals surface area (Å²) < 4.78 is 27.9. The quantitative estimate of drug-likeness (QED) is 0.310. The van der Waals surface area contributed by atoms with E-state index in [-0.39, 0.29) is 29.9 Å². The van der Waals surface area contributed by atoms with Gasteiger partial charge in [-0.1, -0.05) is 18.2 Å². The first kappa shape index (κ1) is 21.6. The van der Waals surface area contributed by atoms with Crippen molar-refractivity contribution < 1.29 is 33.3 Å². The number of ketones is 1. The molecule has 0 saturated carbocycles. The van der Waals surface area contributed by atoms with Gasteiger partial charge in [-0.15, -0.1) is 0 Å². The molecule has 2 aliphatic rings. The first-order valence-electron chi connectivity index (χ1n) is 10.7. The van der Waals surface area contributed by atoms with Crippen LogP contribution in [0.3, 0.4) is 0 Å². The Morgan fingerprint density at radius 1 is 0.882 bits per heavy atom. The Bertz CT molecular complexity index is 1340. The monoisotopic (exact) mass is 458 g/mol. The maximum Gasteiger partial charge on any atom is 0.312 e. The smallest absolute Gasteiger partial charge is 0.312 e. The molecule has 0 unspecified atom stereocenters. The molecule has 0 amide bonds. The number of ether oxygens (including phenoxy) is 5. The zero-order valence-corrected chi connectivity index (χ0v) is 18.9. The zero-order valence-electron chi connectivity index (χ0n) is 18.9. The summed E-state index contributed by atoms with van der Waals surface area (Å²) in [5.74, 6) is 1.75. The van der Waals surface area contributed by atoms with Crippen molar-refractivity contribution in [1.82, 2.24) is 0 Å². The summed E-state index contributed by atoms with van der Waals surface area (Å²) in [5, 5.41) is 0. The van der Waals surface area contributed by atoms with E-state index in [1.165, 1.54) is 0 Å². The molecule has 2 heterocycles. The predicted molar refractivity (Wildman–Crippen MR) is 124 cm³/mol. The standard InChI is InChI=1S/C27H22O7/c1-30-16-9-8-15(22(13-16)32-3)12-23-26(29)18-10-11-21-25(27(18)34-23)19(14-24(28)33-21)17-6-4-5-7-20(17)31-2/h4-13,19H,14H2,1-3H3/b23-12-/t19-/m0/s1. The van der Waals surface area contributed by atoms with Crippen molar-refractivity contribution in [3.8, 4) is 28.7 Å². The molecule has 0 radical (unpaired) electrons. The SMILES string of the molecule is COc1ccc(/C=C2\Oc3c(ccc4c3[C@H](c3ccccc3OC)CC(=O)O4)C2=O)c(OC)c1. The van der Waals surface area contributed by atoms with Crippen LogP contribution in [0.5, 0.6) is 28.7 Å². The molecule has 0 N–H and O–H groups in total. The summed E-state index contributed by atoms with van der Waals surface area (Å²) in [4.78, 5) is 25.6. The van der Waals surface area contributed by atoms with Crippen LogP contribution in [0.4, 0.5) is 0 Å². The van der Waals surface area contributed by atoms with E-state index in [4.69, 9.17) is 23.7 Å². The van der Waals surface area contributed by atoms with E-state index in [9.17, 15) is 9.59 Å². The van der Waals surface area contributed by atoms with E-state index in [0.717, 1.165) is 5.56 Å². The molecule has 0 aromatic heterocycles. The Kier molecular flexibility index (Phi) is 5.45. The second-order valence-electron chi connectivity index (χ2n) is 7.87. The fourth-order valence-electron chi connectivity index (χ4n) is 4.40. The molecule has 0 saturated heterocycles. The predicted octanol–water partition coefficient (Wildman–Crippen LogP) is 4.77. The summed E-state index contributed by atoms with van der Waals surface area (Å²) in [5.41, 5.74) is 2.55. The third kappa shape index (κ3) is 3.55. The van der Waals surface area contributed by atoms with Gasteiger partial charge in [0.1, 0.15) is 28.7 Å². The van der Waals surface area contributed by atoms with E-state index < -0.39 is 0 Å². The molecule has 3 aromatic carbocycles. The number of rotatable bonds is 5. The molecule has 7 heteroatoms. The Morgan fingerprint density at radius 2 is 1.68 bits per heavy atom. The Hall–Kier alpha value is -4.26. The molecule has 172 valence electrons. The summed E-state index contributed by atoms with van der Waals surface area (Å²) in [7, 11) is 4.70. The van der Waals surface area contributed by atoms with Crippen molar-refractivity contribution in [2.24, 2.45) is 0 Å². The summed E-state index contributed by atoms with van der Waals surface area (Å²) in [6.45, 7) is 0. The maximum absolute atomic E-state index is 13.2. The Labute approximate surface area is 196 Å². The number of carbonyl (C=O) groups excluding carboxylic acids is 2. The van der Waals surface area contributed by atoms with E-state index in [1.54, 1.807) is 57.7 Å². The normalized spacial score (nSPS) is 17.5. The second-order valence-corrected chi connectivity index (χ2v) is 7.87. The van der Waals surface area contributed by atoms with Gasteiger partial charge in [0, 0.05) is 28.7 Å². The molecule has 2 aliphatic heterocycles. The topological polar surface area (TPSA) is 80.3 Å². The number of esters is 1. The number of allylic oxidation sites excluding steroid dienone is 1. The van der Waals surface area contributed by atoms with Gasteiger partial charge in [-0.05, 0) is 36.4 Å². The van der Waals surface area contributed by atoms with Crippen molar-refractivity contribution in [2.75, 3.05) is 21.3 Å². The van der Waals surface area contributed by atoms with E-state index in [1.807, 2.05) is 24.3 Å². The highest BCUT2D eigenvalue weighted by Gasteiger charge is 2.39. The van der Waals surface area contributed by atoms with Gasteiger partial charge < -0.3 is 23.7 Å². The average Bonchev–Trinajstić information content (AvgIpc) is 3.18. The van der Waals surface area contributed by atoms with Gasteiger partial charge in [0.25, 0.3) is 0 Å². The highest BCUT2D eigenvalue weighted by molar-refractivity contribution is 6.15. The number of Topliss-reactive ketones (excluding diaryl/α,β-unsaturated/α-hetero) is 1. The van der Waals surface area contributed by atoms with Crippen LogP contribution in [-0.4, -0.2) is 33.1 Å². The van der Waals surface area contributed by atoms with E-state index in [2.05, 4.69) is 0 Å². The van der Waals surface area contributed by atoms with Crippen LogP contribution in [0, 0.1) is 0 Å². The molecule has 0 bridgehead atoms. The molecule has 5 rings (SSSR count). The molecule has 34 heavy (non-hydrogen) atoms. The Morgan fingerprint density at radius 3 is 2.44 bits per heavy atom. The number of para-hydroxylation sites is 1. The van der Waals surface area contributed by atoms with Crippen LogP contribution >= 0.6 is 0 Å². The van der Waals surface area contributed by atoms with Crippen LogP contribution in [0.1, 0.15) is 39.4 Å². The number of carbonyl (C=O) groups is 2. The number of fused-ring (bicyclic) bond motifs is 3. The highest BCUT2D eigenvalue weighted by Crippen LogP contribution is 2.50. The highest BCUT2D eigenvalue weighted by atomic mass is 16.5.